The average molecular weight is 347 g/mol. The minimum absolute atomic E-state index is 0.140. The third-order valence-corrected chi connectivity index (χ3v) is 3.77. The SMILES string of the molecule is CC(C)CC(NC(=O)Cn1ncc(N(C)C)cc1=O)c1ncnn1C. The molecule has 2 heterocycles. The fraction of sp³-hybridized carbons (Fsp3) is 0.562. The quantitative estimate of drug-likeness (QED) is 0.776. The van der Waals surface area contributed by atoms with Crippen molar-refractivity contribution in [3.05, 3.63) is 34.8 Å². The number of rotatable bonds is 7. The van der Waals surface area contributed by atoms with Crippen molar-refractivity contribution in [2.45, 2.75) is 32.9 Å². The van der Waals surface area contributed by atoms with Crippen molar-refractivity contribution in [3.8, 4) is 0 Å². The van der Waals surface area contributed by atoms with E-state index in [1.807, 2.05) is 14.1 Å². The van der Waals surface area contributed by atoms with Crippen molar-refractivity contribution >= 4 is 11.6 Å². The largest absolute Gasteiger partial charge is 0.376 e. The van der Waals surface area contributed by atoms with Crippen molar-refractivity contribution in [2.24, 2.45) is 13.0 Å². The van der Waals surface area contributed by atoms with Crippen LogP contribution in [0.1, 0.15) is 32.1 Å². The van der Waals surface area contributed by atoms with Crippen LogP contribution >= 0.6 is 0 Å². The highest BCUT2D eigenvalue weighted by Crippen LogP contribution is 2.18. The van der Waals surface area contributed by atoms with Gasteiger partial charge in [0.1, 0.15) is 18.7 Å². The minimum atomic E-state index is -0.319. The van der Waals surface area contributed by atoms with E-state index >= 15 is 0 Å². The second-order valence-electron chi connectivity index (χ2n) is 6.60. The molecule has 9 nitrogen and oxygen atoms in total. The van der Waals surface area contributed by atoms with Crippen LogP contribution in [0.3, 0.4) is 0 Å². The summed E-state index contributed by atoms with van der Waals surface area (Å²) in [5, 5.41) is 11.0. The van der Waals surface area contributed by atoms with Crippen molar-refractivity contribution in [3.63, 3.8) is 0 Å². The second kappa shape index (κ2) is 7.91. The maximum Gasteiger partial charge on any atom is 0.269 e. The van der Waals surface area contributed by atoms with Crippen LogP contribution in [-0.4, -0.2) is 44.5 Å². The van der Waals surface area contributed by atoms with Gasteiger partial charge in [0.2, 0.25) is 5.91 Å². The van der Waals surface area contributed by atoms with Crippen LogP contribution in [0, 0.1) is 5.92 Å². The number of hydrogen-bond donors (Lipinski definition) is 1. The van der Waals surface area contributed by atoms with Gasteiger partial charge in [-0.05, 0) is 12.3 Å². The molecule has 1 amide bonds. The normalized spacial score (nSPS) is 12.2. The Kier molecular flexibility index (Phi) is 5.89. The first-order valence-corrected chi connectivity index (χ1v) is 8.15. The molecule has 0 saturated carbocycles. The maximum atomic E-state index is 12.4. The van der Waals surface area contributed by atoms with Gasteiger partial charge < -0.3 is 10.2 Å². The van der Waals surface area contributed by atoms with Crippen LogP contribution in [0.4, 0.5) is 5.69 Å². The summed E-state index contributed by atoms with van der Waals surface area (Å²) in [5.41, 5.74) is 0.374. The molecule has 136 valence electrons. The molecule has 1 N–H and O–H groups in total. The van der Waals surface area contributed by atoms with Gasteiger partial charge in [-0.3, -0.25) is 14.3 Å². The van der Waals surface area contributed by atoms with E-state index < -0.39 is 0 Å². The van der Waals surface area contributed by atoms with E-state index in [4.69, 9.17) is 0 Å². The molecule has 0 aliphatic rings. The van der Waals surface area contributed by atoms with Gasteiger partial charge in [0, 0.05) is 27.2 Å². The van der Waals surface area contributed by atoms with Gasteiger partial charge in [-0.2, -0.15) is 10.2 Å². The second-order valence-corrected chi connectivity index (χ2v) is 6.60. The molecule has 0 aliphatic carbocycles. The molecule has 0 spiro atoms. The first kappa shape index (κ1) is 18.6. The Balaban J connectivity index is 2.11. The number of nitrogens with one attached hydrogen (secondary N) is 1. The molecule has 2 rings (SSSR count). The third kappa shape index (κ3) is 4.88. The van der Waals surface area contributed by atoms with Crippen molar-refractivity contribution in [2.75, 3.05) is 19.0 Å². The van der Waals surface area contributed by atoms with E-state index in [1.165, 1.54) is 12.4 Å². The number of aromatic nitrogens is 5. The Hall–Kier alpha value is -2.71. The highest BCUT2D eigenvalue weighted by Gasteiger charge is 2.21. The lowest BCUT2D eigenvalue weighted by molar-refractivity contribution is -0.122. The molecule has 0 fully saturated rings. The Morgan fingerprint density at radius 3 is 2.56 bits per heavy atom. The summed E-state index contributed by atoms with van der Waals surface area (Å²) in [6.45, 7) is 4.00. The maximum absolute atomic E-state index is 12.4. The molecule has 0 radical (unpaired) electrons. The number of anilines is 1. The van der Waals surface area contributed by atoms with Crippen LogP contribution in [0.2, 0.25) is 0 Å². The minimum Gasteiger partial charge on any atom is -0.376 e. The van der Waals surface area contributed by atoms with Gasteiger partial charge in [0.25, 0.3) is 5.56 Å². The molecule has 25 heavy (non-hydrogen) atoms. The van der Waals surface area contributed by atoms with E-state index in [9.17, 15) is 9.59 Å². The number of aryl methyl sites for hydroxylation is 1. The van der Waals surface area contributed by atoms with Crippen molar-refractivity contribution < 1.29 is 4.79 Å². The third-order valence-electron chi connectivity index (χ3n) is 3.77. The molecule has 0 bridgehead atoms. The zero-order chi connectivity index (χ0) is 18.6. The summed E-state index contributed by atoms with van der Waals surface area (Å²) in [5.74, 6) is 0.758. The first-order valence-electron chi connectivity index (χ1n) is 8.15. The lowest BCUT2D eigenvalue weighted by Crippen LogP contribution is -2.37. The monoisotopic (exact) mass is 347 g/mol. The van der Waals surface area contributed by atoms with Gasteiger partial charge in [0.05, 0.1) is 17.9 Å². The number of carbonyl (C=O) groups excluding carboxylic acids is 1. The number of hydrogen-bond acceptors (Lipinski definition) is 6. The van der Waals surface area contributed by atoms with Gasteiger partial charge in [-0.1, -0.05) is 13.8 Å². The van der Waals surface area contributed by atoms with E-state index in [0.29, 0.717) is 17.4 Å². The molecule has 0 aliphatic heterocycles. The van der Waals surface area contributed by atoms with E-state index in [-0.39, 0.29) is 24.1 Å². The topological polar surface area (TPSA) is 97.9 Å². The van der Waals surface area contributed by atoms with Crippen molar-refractivity contribution in [1.82, 2.24) is 29.9 Å². The van der Waals surface area contributed by atoms with Gasteiger partial charge >= 0.3 is 0 Å². The first-order chi connectivity index (χ1) is 11.8. The molecular weight excluding hydrogens is 322 g/mol. The molecule has 0 saturated heterocycles. The standard InChI is InChI=1S/C16H25N7O2/c1-11(2)6-13(16-17-10-19-22(16)5)20-14(24)9-23-15(25)7-12(8-18-23)21(3)4/h7-8,10-11,13H,6,9H2,1-5H3,(H,20,24). The lowest BCUT2D eigenvalue weighted by Gasteiger charge is -2.20. The molecule has 9 heteroatoms. The van der Waals surface area contributed by atoms with Crippen LogP contribution in [0.5, 0.6) is 0 Å². The lowest BCUT2D eigenvalue weighted by atomic mass is 10.0. The smallest absolute Gasteiger partial charge is 0.269 e. The van der Waals surface area contributed by atoms with Crippen LogP contribution in [-0.2, 0) is 18.4 Å². The van der Waals surface area contributed by atoms with Gasteiger partial charge in [-0.25, -0.2) is 9.67 Å². The molecule has 2 aromatic rings. The molecule has 2 aromatic heterocycles. The summed E-state index contributed by atoms with van der Waals surface area (Å²) < 4.78 is 2.79. The van der Waals surface area contributed by atoms with Gasteiger partial charge in [-0.15, -0.1) is 0 Å². The summed E-state index contributed by atoms with van der Waals surface area (Å²) in [6, 6.07) is 1.19. The van der Waals surface area contributed by atoms with Crippen LogP contribution in [0.25, 0.3) is 0 Å². The predicted molar refractivity (Wildman–Crippen MR) is 94.2 cm³/mol. The summed E-state index contributed by atoms with van der Waals surface area (Å²) in [7, 11) is 5.43. The van der Waals surface area contributed by atoms with Crippen LogP contribution in [0.15, 0.2) is 23.4 Å². The zero-order valence-corrected chi connectivity index (χ0v) is 15.3. The number of nitrogens with zero attached hydrogens (tertiary/aromatic N) is 6. The summed E-state index contributed by atoms with van der Waals surface area (Å²) in [4.78, 5) is 30.5. The fourth-order valence-electron chi connectivity index (χ4n) is 2.48. The number of amides is 1. The summed E-state index contributed by atoms with van der Waals surface area (Å²) >= 11 is 0. The number of carbonyl (C=O) groups is 1. The highest BCUT2D eigenvalue weighted by atomic mass is 16.2. The Bertz CT molecular complexity index is 779. The van der Waals surface area contributed by atoms with Crippen LogP contribution < -0.4 is 15.8 Å². The zero-order valence-electron chi connectivity index (χ0n) is 15.3. The van der Waals surface area contributed by atoms with Crippen molar-refractivity contribution in [1.29, 1.82) is 0 Å². The highest BCUT2D eigenvalue weighted by molar-refractivity contribution is 5.76. The molecule has 1 unspecified atom stereocenters. The fourth-order valence-corrected chi connectivity index (χ4v) is 2.48. The summed E-state index contributed by atoms with van der Waals surface area (Å²) in [6.07, 6.45) is 3.74. The average Bonchev–Trinajstić information content (AvgIpc) is 2.94. The Morgan fingerprint density at radius 1 is 1.32 bits per heavy atom. The molecule has 0 aromatic carbocycles. The Labute approximate surface area is 146 Å². The predicted octanol–water partition coefficient (Wildman–Crippen LogP) is 0.341. The van der Waals surface area contributed by atoms with Gasteiger partial charge in [0.15, 0.2) is 0 Å². The van der Waals surface area contributed by atoms with E-state index in [1.54, 1.807) is 22.8 Å². The molecule has 1 atom stereocenters. The Morgan fingerprint density at radius 2 is 2.04 bits per heavy atom. The van der Waals surface area contributed by atoms with E-state index in [2.05, 4.69) is 34.3 Å². The van der Waals surface area contributed by atoms with E-state index in [0.717, 1.165) is 11.1 Å². The molecular formula is C16H25N7O2.